The van der Waals surface area contributed by atoms with Gasteiger partial charge in [0.25, 0.3) is 0 Å². The Morgan fingerprint density at radius 1 is 0.880 bits per heavy atom. The number of aliphatic imine (C=N–C) groups is 1. The zero-order chi connectivity index (χ0) is 18.2. The van der Waals surface area contributed by atoms with Gasteiger partial charge in [-0.2, -0.15) is 0 Å². The number of carbonyl (C=O) groups is 2. The number of amidine groups is 1. The average molecular weight is 405 g/mol. The predicted octanol–water partition coefficient (Wildman–Crippen LogP) is 3.70. The normalized spacial score (nSPS) is 10.9. The summed E-state index contributed by atoms with van der Waals surface area (Å²) in [5.74, 6) is 2.62. The third kappa shape index (κ3) is 6.41. The van der Waals surface area contributed by atoms with E-state index in [4.69, 9.17) is 9.47 Å². The number of rotatable bonds is 3. The van der Waals surface area contributed by atoms with Gasteiger partial charge in [0.2, 0.25) is 0 Å². The number of amides is 2. The second-order valence-electron chi connectivity index (χ2n) is 5.13. The molecule has 7 heteroatoms. The molecule has 0 saturated heterocycles. The van der Waals surface area contributed by atoms with Crippen molar-refractivity contribution in [2.45, 2.75) is 19.7 Å². The number of hydrogen-bond donors (Lipinski definition) is 1. The van der Waals surface area contributed by atoms with Gasteiger partial charge >= 0.3 is 152 Å². The van der Waals surface area contributed by atoms with Crippen LogP contribution in [0.5, 0.6) is 11.5 Å². The Labute approximate surface area is 152 Å². The maximum absolute atomic E-state index is 11.9. The molecule has 0 atom stereocenters. The summed E-state index contributed by atoms with van der Waals surface area (Å²) in [4.78, 5) is 27.5. The minimum absolute atomic E-state index is 0.224. The van der Waals surface area contributed by atoms with Gasteiger partial charge in [-0.1, -0.05) is 0 Å². The number of carbonyl (C=O) groups excluding carboxylic acids is 2. The molecule has 1 N–H and O–H groups in total. The first-order valence-electron chi connectivity index (χ1n) is 7.43. The summed E-state index contributed by atoms with van der Waals surface area (Å²) in [6.07, 6.45) is -1.49. The van der Waals surface area contributed by atoms with Crippen molar-refractivity contribution in [1.82, 2.24) is 5.32 Å². The van der Waals surface area contributed by atoms with E-state index in [9.17, 15) is 9.59 Å². The van der Waals surface area contributed by atoms with E-state index in [2.05, 4.69) is 10.3 Å². The van der Waals surface area contributed by atoms with Crippen LogP contribution in [0.2, 0.25) is 5.82 Å². The molecule has 0 bridgehead atoms. The molecule has 2 amide bonds. The Hall–Kier alpha value is -2.63. The maximum atomic E-state index is 11.9. The van der Waals surface area contributed by atoms with Gasteiger partial charge in [0.15, 0.2) is 0 Å². The molecule has 0 saturated carbocycles. The summed E-state index contributed by atoms with van der Waals surface area (Å²) < 4.78 is 10.5. The number of nitrogens with zero attached hydrogens (tertiary/aromatic N) is 1. The summed E-state index contributed by atoms with van der Waals surface area (Å²) >= 11 is -0.224. The fraction of sp³-hybridized carbons (Fsp3) is 0.167. The van der Waals surface area contributed by atoms with E-state index in [1.165, 1.54) is 0 Å². The van der Waals surface area contributed by atoms with Crippen LogP contribution in [0, 0.1) is 13.8 Å². The van der Waals surface area contributed by atoms with Crippen LogP contribution in [0.1, 0.15) is 11.1 Å². The molecule has 2 rings (SSSR count). The van der Waals surface area contributed by atoms with Crippen molar-refractivity contribution in [3.05, 3.63) is 59.7 Å². The van der Waals surface area contributed by atoms with Gasteiger partial charge in [0.05, 0.1) is 0 Å². The summed E-state index contributed by atoms with van der Waals surface area (Å²) in [6.45, 7) is 3.87. The van der Waals surface area contributed by atoms with E-state index >= 15 is 0 Å². The van der Waals surface area contributed by atoms with Crippen LogP contribution in [-0.4, -0.2) is 31.9 Å². The van der Waals surface area contributed by atoms with Gasteiger partial charge in [-0.3, -0.25) is 0 Å². The van der Waals surface area contributed by atoms with Crippen LogP contribution < -0.4 is 14.8 Å². The molecule has 0 aliphatic carbocycles. The van der Waals surface area contributed by atoms with Gasteiger partial charge in [0, 0.05) is 0 Å². The fourth-order valence-electron chi connectivity index (χ4n) is 1.76. The standard InChI is InChI=1S/C18H18N2O4Se/c1-12-4-8-14(9-5-12)23-17(21)19-16(25-3)20-18(22)24-15-10-6-13(2)7-11-15/h4-11H,1-3H3,(H,19,20,21,22). The van der Waals surface area contributed by atoms with E-state index in [-0.39, 0.29) is 19.7 Å². The van der Waals surface area contributed by atoms with Crippen LogP contribution in [0.4, 0.5) is 9.59 Å². The number of ether oxygens (including phenoxy) is 2. The molecule has 0 radical (unpaired) electrons. The van der Waals surface area contributed by atoms with E-state index < -0.39 is 12.2 Å². The first-order chi connectivity index (χ1) is 12.0. The van der Waals surface area contributed by atoms with Crippen LogP contribution in [0.25, 0.3) is 0 Å². The first kappa shape index (κ1) is 18.7. The van der Waals surface area contributed by atoms with Crippen molar-refractivity contribution in [1.29, 1.82) is 0 Å². The van der Waals surface area contributed by atoms with E-state index in [1.807, 2.05) is 43.9 Å². The van der Waals surface area contributed by atoms with Gasteiger partial charge in [0.1, 0.15) is 0 Å². The third-order valence-electron chi connectivity index (χ3n) is 3.05. The van der Waals surface area contributed by atoms with Crippen molar-refractivity contribution in [3.8, 4) is 11.5 Å². The van der Waals surface area contributed by atoms with Crippen molar-refractivity contribution < 1.29 is 19.1 Å². The first-order valence-corrected chi connectivity index (χ1v) is 10.00. The van der Waals surface area contributed by atoms with E-state index in [1.54, 1.807) is 24.3 Å². The number of nitrogens with one attached hydrogen (secondary N) is 1. The second kappa shape index (κ2) is 9.01. The Morgan fingerprint density at radius 3 is 1.84 bits per heavy atom. The number of benzene rings is 2. The summed E-state index contributed by atoms with van der Waals surface area (Å²) in [7, 11) is 0. The van der Waals surface area contributed by atoms with Gasteiger partial charge < -0.3 is 0 Å². The summed E-state index contributed by atoms with van der Waals surface area (Å²) in [6, 6.07) is 14.1. The zero-order valence-corrected chi connectivity index (χ0v) is 15.8. The SMILES string of the molecule is C[Se]/C(=N\C(=O)Oc1ccc(C)cc1)NC(=O)Oc1ccc(C)cc1. The molecule has 25 heavy (non-hydrogen) atoms. The molecule has 0 spiro atoms. The third-order valence-corrected chi connectivity index (χ3v) is 4.27. The Balaban J connectivity index is 1.94. The average Bonchev–Trinajstić information content (AvgIpc) is 2.58. The molecule has 2 aromatic rings. The summed E-state index contributed by atoms with van der Waals surface area (Å²) in [5, 5.41) is 2.47. The number of aryl methyl sites for hydroxylation is 2. The van der Waals surface area contributed by atoms with Crippen LogP contribution >= 0.6 is 0 Å². The predicted molar refractivity (Wildman–Crippen MR) is 96.6 cm³/mol. The molecule has 0 aromatic heterocycles. The molecule has 130 valence electrons. The summed E-state index contributed by atoms with van der Waals surface area (Å²) in [5.41, 5.74) is 2.12. The van der Waals surface area contributed by atoms with Gasteiger partial charge in [-0.25, -0.2) is 0 Å². The van der Waals surface area contributed by atoms with Gasteiger partial charge in [-0.15, -0.1) is 0 Å². The molecule has 2 aromatic carbocycles. The molecule has 0 heterocycles. The Kier molecular flexibility index (Phi) is 6.74. The Bertz CT molecular complexity index is 771. The molecule has 0 aliphatic rings. The van der Waals surface area contributed by atoms with Crippen molar-refractivity contribution in [3.63, 3.8) is 0 Å². The van der Waals surface area contributed by atoms with Gasteiger partial charge in [-0.05, 0) is 0 Å². The van der Waals surface area contributed by atoms with E-state index in [0.29, 0.717) is 11.5 Å². The minimum atomic E-state index is -0.793. The molecular formula is C18H18N2O4Se. The van der Waals surface area contributed by atoms with Crippen molar-refractivity contribution in [2.75, 3.05) is 0 Å². The molecule has 6 nitrogen and oxygen atoms in total. The van der Waals surface area contributed by atoms with Crippen molar-refractivity contribution in [2.24, 2.45) is 4.99 Å². The van der Waals surface area contributed by atoms with E-state index in [0.717, 1.165) is 11.1 Å². The second-order valence-corrected chi connectivity index (χ2v) is 6.80. The molecule has 0 fully saturated rings. The molecule has 0 unspecified atom stereocenters. The quantitative estimate of drug-likeness (QED) is 0.480. The van der Waals surface area contributed by atoms with Crippen LogP contribution in [0.3, 0.4) is 0 Å². The fourth-order valence-corrected chi connectivity index (χ4v) is 2.50. The van der Waals surface area contributed by atoms with Crippen LogP contribution in [0.15, 0.2) is 53.5 Å². The zero-order valence-electron chi connectivity index (χ0n) is 14.1. The van der Waals surface area contributed by atoms with Crippen molar-refractivity contribution >= 4 is 31.9 Å². The number of hydrogen-bond acceptors (Lipinski definition) is 4. The monoisotopic (exact) mass is 406 g/mol. The topological polar surface area (TPSA) is 77.0 Å². The molecule has 0 aliphatic heterocycles. The van der Waals surface area contributed by atoms with Crippen LogP contribution in [-0.2, 0) is 0 Å². The molecular weight excluding hydrogens is 387 g/mol. The Morgan fingerprint density at radius 2 is 1.36 bits per heavy atom.